The molecule has 0 bridgehead atoms. The van der Waals surface area contributed by atoms with Gasteiger partial charge in [0, 0.05) is 29.3 Å². The van der Waals surface area contributed by atoms with E-state index in [1.807, 2.05) is 32.0 Å². The molecule has 38 heavy (non-hydrogen) atoms. The quantitative estimate of drug-likeness (QED) is 0.271. The standard InChI is InChI=1S/C29H26N4O4S/c1-29(2,16-30)19-6-4-5-18(13-19)27(35)31-20-9-12-23(36-3)24(14-20)37-21-10-11-22-25(15-21)38-28(32-22)33-26(34)17-7-8-17/h4-6,9-15,17H,7-8H2,1-3H3,(H,31,35)(H,32,33,34). The van der Waals surface area contributed by atoms with E-state index in [-0.39, 0.29) is 17.7 Å². The topological polar surface area (TPSA) is 113 Å². The monoisotopic (exact) mass is 526 g/mol. The molecule has 1 aromatic heterocycles. The average molecular weight is 527 g/mol. The second-order valence-electron chi connectivity index (χ2n) is 9.65. The highest BCUT2D eigenvalue weighted by Crippen LogP contribution is 2.37. The molecule has 2 amide bonds. The maximum Gasteiger partial charge on any atom is 0.255 e. The summed E-state index contributed by atoms with van der Waals surface area (Å²) in [4.78, 5) is 29.5. The third-order valence-corrected chi connectivity index (χ3v) is 7.25. The summed E-state index contributed by atoms with van der Waals surface area (Å²) in [6, 6.07) is 19.9. The van der Waals surface area contributed by atoms with Gasteiger partial charge < -0.3 is 20.1 Å². The molecule has 9 heteroatoms. The lowest BCUT2D eigenvalue weighted by Crippen LogP contribution is -2.17. The van der Waals surface area contributed by atoms with Crippen LogP contribution < -0.4 is 20.1 Å². The van der Waals surface area contributed by atoms with Gasteiger partial charge in [0.1, 0.15) is 5.75 Å². The minimum atomic E-state index is -0.708. The first kappa shape index (κ1) is 25.2. The van der Waals surface area contributed by atoms with Crippen LogP contribution in [0.15, 0.2) is 60.7 Å². The van der Waals surface area contributed by atoms with Crippen LogP contribution in [0.4, 0.5) is 10.8 Å². The zero-order chi connectivity index (χ0) is 26.9. The zero-order valence-corrected chi connectivity index (χ0v) is 22.0. The number of nitrogens with one attached hydrogen (secondary N) is 2. The molecule has 1 aliphatic carbocycles. The molecule has 3 aromatic carbocycles. The molecule has 1 aliphatic rings. The predicted octanol–water partition coefficient (Wildman–Crippen LogP) is 6.50. The highest BCUT2D eigenvalue weighted by Gasteiger charge is 2.30. The highest BCUT2D eigenvalue weighted by molar-refractivity contribution is 7.22. The van der Waals surface area contributed by atoms with Crippen LogP contribution in [0.5, 0.6) is 17.2 Å². The number of fused-ring (bicyclic) bond motifs is 1. The molecular weight excluding hydrogens is 500 g/mol. The largest absolute Gasteiger partial charge is 0.493 e. The van der Waals surface area contributed by atoms with Crippen LogP contribution in [0.25, 0.3) is 10.2 Å². The Bertz CT molecular complexity index is 1580. The van der Waals surface area contributed by atoms with Crippen LogP contribution in [-0.4, -0.2) is 23.9 Å². The van der Waals surface area contributed by atoms with Crippen molar-refractivity contribution in [3.8, 4) is 23.3 Å². The SMILES string of the molecule is COc1ccc(NC(=O)c2cccc(C(C)(C)C#N)c2)cc1Oc1ccc2nc(NC(=O)C3CC3)sc2c1. The number of benzene rings is 3. The fourth-order valence-electron chi connectivity index (χ4n) is 3.85. The van der Waals surface area contributed by atoms with Crippen LogP contribution in [0.2, 0.25) is 0 Å². The summed E-state index contributed by atoms with van der Waals surface area (Å²) in [5.41, 5.74) is 1.80. The van der Waals surface area contributed by atoms with Crippen molar-refractivity contribution in [1.29, 1.82) is 5.26 Å². The number of hydrogen-bond donors (Lipinski definition) is 2. The minimum absolute atomic E-state index is 0.0182. The molecule has 1 saturated carbocycles. The van der Waals surface area contributed by atoms with Crippen LogP contribution in [0.1, 0.15) is 42.6 Å². The third-order valence-electron chi connectivity index (χ3n) is 6.31. The summed E-state index contributed by atoms with van der Waals surface area (Å²) >= 11 is 1.39. The molecule has 0 atom stereocenters. The van der Waals surface area contributed by atoms with Gasteiger partial charge in [-0.25, -0.2) is 4.98 Å². The normalized spacial score (nSPS) is 13.0. The summed E-state index contributed by atoms with van der Waals surface area (Å²) in [6.07, 6.45) is 1.86. The molecule has 192 valence electrons. The van der Waals surface area contributed by atoms with Crippen molar-refractivity contribution in [2.75, 3.05) is 17.7 Å². The Hall–Kier alpha value is -4.42. The molecule has 5 rings (SSSR count). The lowest BCUT2D eigenvalue weighted by atomic mass is 9.85. The lowest BCUT2D eigenvalue weighted by Gasteiger charge is -2.17. The first-order chi connectivity index (χ1) is 18.3. The molecule has 0 unspecified atom stereocenters. The zero-order valence-electron chi connectivity index (χ0n) is 21.2. The molecule has 1 fully saturated rings. The molecule has 4 aromatic rings. The molecule has 0 saturated heterocycles. The fourth-order valence-corrected chi connectivity index (χ4v) is 4.75. The molecule has 8 nitrogen and oxygen atoms in total. The summed E-state index contributed by atoms with van der Waals surface area (Å²) < 4.78 is 12.5. The number of carbonyl (C=O) groups excluding carboxylic acids is 2. The van der Waals surface area contributed by atoms with Crippen LogP contribution in [-0.2, 0) is 10.2 Å². The van der Waals surface area contributed by atoms with Crippen molar-refractivity contribution in [1.82, 2.24) is 4.98 Å². The summed E-state index contributed by atoms with van der Waals surface area (Å²) in [6.45, 7) is 3.62. The number of ether oxygens (including phenoxy) is 2. The lowest BCUT2D eigenvalue weighted by molar-refractivity contribution is -0.117. The van der Waals surface area contributed by atoms with E-state index < -0.39 is 5.41 Å². The Balaban J connectivity index is 1.34. The smallest absolute Gasteiger partial charge is 0.255 e. The van der Waals surface area contributed by atoms with E-state index in [1.165, 1.54) is 11.3 Å². The highest BCUT2D eigenvalue weighted by atomic mass is 32.1. The molecule has 0 spiro atoms. The number of carbonyl (C=O) groups is 2. The summed E-state index contributed by atoms with van der Waals surface area (Å²) in [5, 5.41) is 15.8. The second-order valence-corrected chi connectivity index (χ2v) is 10.7. The molecule has 0 aliphatic heterocycles. The van der Waals surface area contributed by atoms with Gasteiger partial charge in [-0.15, -0.1) is 0 Å². The van der Waals surface area contributed by atoms with Gasteiger partial charge in [0.05, 0.1) is 28.8 Å². The number of anilines is 2. The number of aromatic nitrogens is 1. The Morgan fingerprint density at radius 3 is 2.61 bits per heavy atom. The number of methoxy groups -OCH3 is 1. The number of rotatable bonds is 8. The van der Waals surface area contributed by atoms with E-state index in [9.17, 15) is 14.9 Å². The van der Waals surface area contributed by atoms with Gasteiger partial charge in [-0.05, 0) is 68.7 Å². The van der Waals surface area contributed by atoms with E-state index in [1.54, 1.807) is 49.6 Å². The molecule has 1 heterocycles. The Kier molecular flexibility index (Phi) is 6.74. The maximum atomic E-state index is 13.0. The first-order valence-electron chi connectivity index (χ1n) is 12.2. The van der Waals surface area contributed by atoms with Gasteiger partial charge in [-0.3, -0.25) is 9.59 Å². The van der Waals surface area contributed by atoms with Gasteiger partial charge in [-0.1, -0.05) is 23.5 Å². The van der Waals surface area contributed by atoms with E-state index in [4.69, 9.17) is 9.47 Å². The molecule has 0 radical (unpaired) electrons. The van der Waals surface area contributed by atoms with Crippen molar-refractivity contribution in [2.45, 2.75) is 32.1 Å². The van der Waals surface area contributed by atoms with Crippen LogP contribution in [0.3, 0.4) is 0 Å². The van der Waals surface area contributed by atoms with Crippen molar-refractivity contribution < 1.29 is 19.1 Å². The van der Waals surface area contributed by atoms with Gasteiger partial charge in [0.2, 0.25) is 5.91 Å². The number of thiazole rings is 1. The number of hydrogen-bond acceptors (Lipinski definition) is 7. The molecular formula is C29H26N4O4S. The van der Waals surface area contributed by atoms with Crippen LogP contribution in [0, 0.1) is 17.2 Å². The third kappa shape index (κ3) is 5.45. The van der Waals surface area contributed by atoms with E-state index in [0.29, 0.717) is 33.6 Å². The fraction of sp³-hybridized carbons (Fsp3) is 0.241. The van der Waals surface area contributed by atoms with E-state index in [0.717, 1.165) is 28.6 Å². The Morgan fingerprint density at radius 1 is 1.05 bits per heavy atom. The van der Waals surface area contributed by atoms with Gasteiger partial charge in [0.25, 0.3) is 5.91 Å². The maximum absolute atomic E-state index is 13.0. The van der Waals surface area contributed by atoms with Crippen molar-refractivity contribution in [2.24, 2.45) is 5.92 Å². The van der Waals surface area contributed by atoms with Gasteiger partial charge in [0.15, 0.2) is 16.6 Å². The Labute approximate surface area is 224 Å². The average Bonchev–Trinajstić information content (AvgIpc) is 3.69. The van der Waals surface area contributed by atoms with Crippen LogP contribution >= 0.6 is 11.3 Å². The number of nitriles is 1. The van der Waals surface area contributed by atoms with Gasteiger partial charge >= 0.3 is 0 Å². The summed E-state index contributed by atoms with van der Waals surface area (Å²) in [5.74, 6) is 1.32. The number of nitrogens with zero attached hydrogens (tertiary/aromatic N) is 2. The van der Waals surface area contributed by atoms with Crippen molar-refractivity contribution >= 4 is 44.2 Å². The van der Waals surface area contributed by atoms with Gasteiger partial charge in [-0.2, -0.15) is 5.26 Å². The second kappa shape index (κ2) is 10.1. The van der Waals surface area contributed by atoms with E-state index >= 15 is 0 Å². The van der Waals surface area contributed by atoms with Crippen molar-refractivity contribution in [3.63, 3.8) is 0 Å². The predicted molar refractivity (Wildman–Crippen MR) is 147 cm³/mol. The minimum Gasteiger partial charge on any atom is -0.493 e. The number of amides is 2. The molecule has 2 N–H and O–H groups in total. The summed E-state index contributed by atoms with van der Waals surface area (Å²) in [7, 11) is 1.55. The first-order valence-corrected chi connectivity index (χ1v) is 13.0. The van der Waals surface area contributed by atoms with E-state index in [2.05, 4.69) is 21.7 Å². The van der Waals surface area contributed by atoms with Crippen molar-refractivity contribution in [3.05, 3.63) is 71.8 Å². The Morgan fingerprint density at radius 2 is 1.87 bits per heavy atom.